The number of nitrogens with one attached hydrogen (secondary N) is 1. The van der Waals surface area contributed by atoms with Crippen molar-refractivity contribution in [1.29, 1.82) is 0 Å². The minimum atomic E-state index is -5.20. The normalized spacial score (nSPS) is 11.2. The fourth-order valence-electron chi connectivity index (χ4n) is 1.20. The Bertz CT molecular complexity index is 503. The number of hydrogen-bond donors (Lipinski definition) is 2. The van der Waals surface area contributed by atoms with Crippen molar-refractivity contribution in [2.24, 2.45) is 0 Å². The third kappa shape index (κ3) is 3.90. The number of carboxylic acid groups (broad SMARTS) is 1. The minimum absolute atomic E-state index is 0.408. The van der Waals surface area contributed by atoms with Gasteiger partial charge in [0.2, 0.25) is 0 Å². The smallest absolute Gasteiger partial charge is 0.471 e. The standard InChI is InChI=1S/C10H6F5NO3/c11-6-1-4(16-9(19)10(13,14)15)2-7(12)5(6)3-8(17)18/h1-2H,3H2,(H,16,19)(H,17,18). The van der Waals surface area contributed by atoms with Gasteiger partial charge in [0.15, 0.2) is 0 Å². The van der Waals surface area contributed by atoms with Gasteiger partial charge in [-0.25, -0.2) is 8.78 Å². The van der Waals surface area contributed by atoms with Gasteiger partial charge in [-0.2, -0.15) is 13.2 Å². The largest absolute Gasteiger partial charge is 0.481 e. The summed E-state index contributed by atoms with van der Waals surface area (Å²) in [5.74, 6) is -6.62. The number of carbonyl (C=O) groups is 2. The van der Waals surface area contributed by atoms with E-state index in [1.165, 1.54) is 5.32 Å². The fourth-order valence-corrected chi connectivity index (χ4v) is 1.20. The second-order valence-electron chi connectivity index (χ2n) is 3.44. The van der Waals surface area contributed by atoms with E-state index in [9.17, 15) is 31.5 Å². The van der Waals surface area contributed by atoms with Crippen LogP contribution in [0.4, 0.5) is 27.6 Å². The summed E-state index contributed by atoms with van der Waals surface area (Å²) in [7, 11) is 0. The summed E-state index contributed by atoms with van der Waals surface area (Å²) in [5, 5.41) is 9.64. The van der Waals surface area contributed by atoms with Crippen LogP contribution in [0.25, 0.3) is 0 Å². The maximum atomic E-state index is 13.3. The average molecular weight is 283 g/mol. The quantitative estimate of drug-likeness (QED) is 0.835. The van der Waals surface area contributed by atoms with E-state index in [4.69, 9.17) is 5.11 Å². The Balaban J connectivity index is 3.02. The van der Waals surface area contributed by atoms with Crippen LogP contribution in [0.5, 0.6) is 0 Å². The monoisotopic (exact) mass is 283 g/mol. The van der Waals surface area contributed by atoms with Crippen LogP contribution in [0, 0.1) is 11.6 Å². The van der Waals surface area contributed by atoms with Crippen LogP contribution in [0.1, 0.15) is 5.56 Å². The number of rotatable bonds is 3. The Morgan fingerprint density at radius 1 is 1.16 bits per heavy atom. The first-order chi connectivity index (χ1) is 8.61. The van der Waals surface area contributed by atoms with Crippen LogP contribution < -0.4 is 5.32 Å². The third-order valence-corrected chi connectivity index (χ3v) is 1.98. The maximum absolute atomic E-state index is 13.3. The molecular formula is C10H6F5NO3. The van der Waals surface area contributed by atoms with Gasteiger partial charge < -0.3 is 10.4 Å². The average Bonchev–Trinajstić information content (AvgIpc) is 2.21. The highest BCUT2D eigenvalue weighted by atomic mass is 19.4. The summed E-state index contributed by atoms with van der Waals surface area (Å²) in [6, 6.07) is 0.815. The SMILES string of the molecule is O=C(O)Cc1c(F)cc(NC(=O)C(F)(F)F)cc1F. The Kier molecular flexibility index (Phi) is 4.07. The molecule has 0 atom stereocenters. The first-order valence-corrected chi connectivity index (χ1v) is 4.69. The van der Waals surface area contributed by atoms with Crippen molar-refractivity contribution in [3.8, 4) is 0 Å². The predicted molar refractivity (Wildman–Crippen MR) is 52.4 cm³/mol. The Morgan fingerprint density at radius 2 is 1.63 bits per heavy atom. The van der Waals surface area contributed by atoms with Gasteiger partial charge in [0.1, 0.15) is 11.6 Å². The number of halogens is 5. The highest BCUT2D eigenvalue weighted by Crippen LogP contribution is 2.22. The molecule has 0 aliphatic heterocycles. The molecule has 1 aromatic rings. The Hall–Kier alpha value is -2.19. The molecule has 0 radical (unpaired) electrons. The zero-order valence-electron chi connectivity index (χ0n) is 9.02. The Labute approximate surface area is 102 Å². The van der Waals surface area contributed by atoms with E-state index < -0.39 is 47.4 Å². The van der Waals surface area contributed by atoms with E-state index in [1.54, 1.807) is 0 Å². The van der Waals surface area contributed by atoms with Gasteiger partial charge in [-0.05, 0) is 12.1 Å². The summed E-state index contributed by atoms with van der Waals surface area (Å²) in [4.78, 5) is 20.9. The molecule has 0 fully saturated rings. The summed E-state index contributed by atoms with van der Waals surface area (Å²) in [6.07, 6.45) is -6.17. The Morgan fingerprint density at radius 3 is 2.00 bits per heavy atom. The summed E-state index contributed by atoms with van der Waals surface area (Å²) in [6.45, 7) is 0. The van der Waals surface area contributed by atoms with Gasteiger partial charge in [0.05, 0.1) is 6.42 Å². The molecule has 0 unspecified atom stereocenters. The molecule has 0 bridgehead atoms. The predicted octanol–water partition coefficient (Wildman–Crippen LogP) is 2.09. The van der Waals surface area contributed by atoms with Gasteiger partial charge >= 0.3 is 18.1 Å². The minimum Gasteiger partial charge on any atom is -0.481 e. The van der Waals surface area contributed by atoms with E-state index in [2.05, 4.69) is 0 Å². The lowest BCUT2D eigenvalue weighted by atomic mass is 10.1. The van der Waals surface area contributed by atoms with Crippen LogP contribution in [-0.4, -0.2) is 23.2 Å². The first kappa shape index (κ1) is 14.9. The molecule has 0 spiro atoms. The van der Waals surface area contributed by atoms with Gasteiger partial charge in [0.25, 0.3) is 0 Å². The summed E-state index contributed by atoms with van der Waals surface area (Å²) >= 11 is 0. The van der Waals surface area contributed by atoms with Crippen molar-refractivity contribution in [3.05, 3.63) is 29.3 Å². The molecule has 0 aliphatic rings. The lowest BCUT2D eigenvalue weighted by Gasteiger charge is -2.10. The van der Waals surface area contributed by atoms with Crippen molar-refractivity contribution in [1.82, 2.24) is 0 Å². The van der Waals surface area contributed by atoms with Gasteiger partial charge in [-0.15, -0.1) is 0 Å². The second-order valence-corrected chi connectivity index (χ2v) is 3.44. The van der Waals surface area contributed by atoms with E-state index in [1.807, 2.05) is 0 Å². The van der Waals surface area contributed by atoms with Crippen molar-refractivity contribution in [3.63, 3.8) is 0 Å². The summed E-state index contributed by atoms with van der Waals surface area (Å²) in [5.41, 5.74) is -1.57. The number of amides is 1. The molecule has 1 aromatic carbocycles. The van der Waals surface area contributed by atoms with Crippen LogP contribution in [0.2, 0.25) is 0 Å². The molecule has 9 heteroatoms. The molecule has 1 amide bonds. The summed E-state index contributed by atoms with van der Waals surface area (Å²) < 4.78 is 62.3. The van der Waals surface area contributed by atoms with Gasteiger partial charge in [-0.3, -0.25) is 9.59 Å². The molecule has 4 nitrogen and oxygen atoms in total. The van der Waals surface area contributed by atoms with Crippen molar-refractivity contribution in [2.75, 3.05) is 5.32 Å². The highest BCUT2D eigenvalue weighted by molar-refractivity contribution is 5.94. The topological polar surface area (TPSA) is 66.4 Å². The molecule has 0 saturated heterocycles. The van der Waals surface area contributed by atoms with Gasteiger partial charge in [0, 0.05) is 11.3 Å². The number of aliphatic carboxylic acids is 1. The van der Waals surface area contributed by atoms with Gasteiger partial charge in [-0.1, -0.05) is 0 Å². The number of alkyl halides is 3. The number of carboxylic acids is 1. The molecule has 2 N–H and O–H groups in total. The molecule has 104 valence electrons. The second kappa shape index (κ2) is 5.21. The lowest BCUT2D eigenvalue weighted by Crippen LogP contribution is -2.30. The van der Waals surface area contributed by atoms with E-state index in [-0.39, 0.29) is 0 Å². The molecule has 0 aromatic heterocycles. The number of anilines is 1. The molecule has 19 heavy (non-hydrogen) atoms. The van der Waals surface area contributed by atoms with Crippen LogP contribution >= 0.6 is 0 Å². The maximum Gasteiger partial charge on any atom is 0.471 e. The first-order valence-electron chi connectivity index (χ1n) is 4.69. The molecule has 0 aliphatic carbocycles. The van der Waals surface area contributed by atoms with Crippen molar-refractivity contribution in [2.45, 2.75) is 12.6 Å². The van der Waals surface area contributed by atoms with Crippen molar-refractivity contribution >= 4 is 17.6 Å². The highest BCUT2D eigenvalue weighted by Gasteiger charge is 2.38. The van der Waals surface area contributed by atoms with E-state index in [0.29, 0.717) is 12.1 Å². The number of hydrogen-bond acceptors (Lipinski definition) is 2. The molecule has 0 heterocycles. The third-order valence-electron chi connectivity index (χ3n) is 1.98. The fraction of sp³-hybridized carbons (Fsp3) is 0.200. The zero-order chi connectivity index (χ0) is 14.8. The van der Waals surface area contributed by atoms with Crippen LogP contribution in [0.15, 0.2) is 12.1 Å². The molecular weight excluding hydrogens is 277 g/mol. The molecule has 1 rings (SSSR count). The van der Waals surface area contributed by atoms with Crippen LogP contribution in [-0.2, 0) is 16.0 Å². The number of benzene rings is 1. The van der Waals surface area contributed by atoms with E-state index >= 15 is 0 Å². The van der Waals surface area contributed by atoms with Crippen molar-refractivity contribution < 1.29 is 36.6 Å². The lowest BCUT2D eigenvalue weighted by molar-refractivity contribution is -0.167. The molecule has 0 saturated carbocycles. The van der Waals surface area contributed by atoms with Crippen LogP contribution in [0.3, 0.4) is 0 Å². The zero-order valence-corrected chi connectivity index (χ0v) is 9.02. The number of carbonyl (C=O) groups excluding carboxylic acids is 1. The van der Waals surface area contributed by atoms with E-state index in [0.717, 1.165) is 0 Å².